The van der Waals surface area contributed by atoms with E-state index < -0.39 is 0 Å². The van der Waals surface area contributed by atoms with Crippen LogP contribution in [0.3, 0.4) is 0 Å². The topological polar surface area (TPSA) is 88.0 Å². The molecule has 0 aromatic carbocycles. The van der Waals surface area contributed by atoms with Gasteiger partial charge in [-0.05, 0) is 6.07 Å². The Labute approximate surface area is 120 Å². The quantitative estimate of drug-likeness (QED) is 0.602. The predicted octanol–water partition coefficient (Wildman–Crippen LogP) is 1.66. The summed E-state index contributed by atoms with van der Waals surface area (Å²) >= 11 is 2.97. The molecular formula is C11H8N6OS2. The number of hydrogen-bond donors (Lipinski definition) is 2. The van der Waals surface area contributed by atoms with Gasteiger partial charge in [-0.25, -0.2) is 9.97 Å². The molecule has 4 heterocycles. The molecule has 7 nitrogen and oxygen atoms in total. The van der Waals surface area contributed by atoms with E-state index in [-0.39, 0.29) is 5.91 Å². The van der Waals surface area contributed by atoms with Gasteiger partial charge in [-0.3, -0.25) is 14.3 Å². The maximum atomic E-state index is 12.1. The van der Waals surface area contributed by atoms with Gasteiger partial charge in [0.1, 0.15) is 17.0 Å². The molecular weight excluding hydrogens is 296 g/mol. The van der Waals surface area contributed by atoms with E-state index in [1.54, 1.807) is 11.3 Å². The van der Waals surface area contributed by atoms with E-state index in [2.05, 4.69) is 25.5 Å². The van der Waals surface area contributed by atoms with Gasteiger partial charge in [-0.15, -0.1) is 22.7 Å². The highest BCUT2D eigenvalue weighted by Gasteiger charge is 2.15. The van der Waals surface area contributed by atoms with Crippen LogP contribution in [0.2, 0.25) is 0 Å². The standard InChI is InChI=1S/C11H8N6OS2/c18-9(12-4-8-13-5-14-16-8)7-3-6-10(20-7)15-11-17(6)1-2-19-11/h1-3,5H,4H2,(H,12,18)(H,13,14,16). The molecule has 0 aliphatic carbocycles. The third-order valence-electron chi connectivity index (χ3n) is 2.84. The number of amides is 1. The number of H-pyrrole nitrogens is 1. The molecule has 0 fully saturated rings. The molecule has 4 aromatic rings. The molecule has 20 heavy (non-hydrogen) atoms. The fourth-order valence-corrected chi connectivity index (χ4v) is 3.64. The summed E-state index contributed by atoms with van der Waals surface area (Å²) in [5.41, 5.74) is 0.969. The number of rotatable bonds is 3. The lowest BCUT2D eigenvalue weighted by atomic mass is 10.4. The van der Waals surface area contributed by atoms with Crippen LogP contribution < -0.4 is 5.32 Å². The van der Waals surface area contributed by atoms with Crippen molar-refractivity contribution in [3.8, 4) is 0 Å². The lowest BCUT2D eigenvalue weighted by Crippen LogP contribution is -2.22. The van der Waals surface area contributed by atoms with Crippen molar-refractivity contribution >= 4 is 43.9 Å². The first-order valence-electron chi connectivity index (χ1n) is 5.79. The van der Waals surface area contributed by atoms with Crippen LogP contribution in [-0.2, 0) is 6.54 Å². The summed E-state index contributed by atoms with van der Waals surface area (Å²) in [5, 5.41) is 11.2. The van der Waals surface area contributed by atoms with Crippen molar-refractivity contribution in [1.82, 2.24) is 29.9 Å². The summed E-state index contributed by atoms with van der Waals surface area (Å²) in [5.74, 6) is 0.495. The Morgan fingerprint density at radius 3 is 3.30 bits per heavy atom. The van der Waals surface area contributed by atoms with Crippen LogP contribution in [0.15, 0.2) is 24.0 Å². The third kappa shape index (κ3) is 1.79. The normalized spacial score (nSPS) is 11.4. The smallest absolute Gasteiger partial charge is 0.261 e. The second-order valence-corrected chi connectivity index (χ2v) is 5.99. The summed E-state index contributed by atoms with van der Waals surface area (Å²) in [4.78, 5) is 23.0. The molecule has 0 atom stereocenters. The summed E-state index contributed by atoms with van der Waals surface area (Å²) in [6.45, 7) is 0.329. The van der Waals surface area contributed by atoms with E-state index in [9.17, 15) is 4.79 Å². The largest absolute Gasteiger partial charge is 0.344 e. The van der Waals surface area contributed by atoms with Crippen molar-refractivity contribution in [2.75, 3.05) is 0 Å². The Morgan fingerprint density at radius 1 is 1.50 bits per heavy atom. The highest BCUT2D eigenvalue weighted by molar-refractivity contribution is 7.21. The Hall–Kier alpha value is -2.26. The average molecular weight is 304 g/mol. The monoisotopic (exact) mass is 304 g/mol. The number of thiophene rings is 1. The van der Waals surface area contributed by atoms with E-state index in [1.165, 1.54) is 17.7 Å². The van der Waals surface area contributed by atoms with Gasteiger partial charge in [-0.2, -0.15) is 5.10 Å². The lowest BCUT2D eigenvalue weighted by Gasteiger charge is -1.99. The van der Waals surface area contributed by atoms with Crippen LogP contribution in [0.25, 0.3) is 15.3 Å². The number of carbonyl (C=O) groups is 1. The molecule has 2 N–H and O–H groups in total. The molecule has 4 rings (SSSR count). The zero-order valence-corrected chi connectivity index (χ0v) is 11.7. The number of hydrogen-bond acceptors (Lipinski definition) is 6. The summed E-state index contributed by atoms with van der Waals surface area (Å²) in [6, 6.07) is 1.86. The SMILES string of the molecule is O=C(NCc1ncn[nH]1)c1cc2c(nc3sccn32)s1. The molecule has 0 spiro atoms. The van der Waals surface area contributed by atoms with E-state index in [0.717, 1.165) is 15.3 Å². The molecule has 100 valence electrons. The minimum absolute atomic E-state index is 0.131. The van der Waals surface area contributed by atoms with Crippen LogP contribution in [0.4, 0.5) is 0 Å². The van der Waals surface area contributed by atoms with Gasteiger partial charge in [0.15, 0.2) is 4.96 Å². The molecule has 0 saturated heterocycles. The zero-order valence-electron chi connectivity index (χ0n) is 10.0. The Kier molecular flexibility index (Phi) is 2.54. The highest BCUT2D eigenvalue weighted by atomic mass is 32.1. The fraction of sp³-hybridized carbons (Fsp3) is 0.0909. The third-order valence-corrected chi connectivity index (χ3v) is 4.62. The van der Waals surface area contributed by atoms with E-state index in [4.69, 9.17) is 0 Å². The van der Waals surface area contributed by atoms with Crippen molar-refractivity contribution in [1.29, 1.82) is 0 Å². The maximum Gasteiger partial charge on any atom is 0.261 e. The average Bonchev–Trinajstić information content (AvgIpc) is 3.17. The molecule has 1 amide bonds. The predicted molar refractivity (Wildman–Crippen MR) is 76.0 cm³/mol. The number of imidazole rings is 1. The first-order chi connectivity index (χ1) is 9.81. The molecule has 0 aliphatic heterocycles. The minimum atomic E-state index is -0.131. The van der Waals surface area contributed by atoms with Gasteiger partial charge in [0.2, 0.25) is 0 Å². The molecule has 0 aliphatic rings. The molecule has 0 radical (unpaired) electrons. The molecule has 4 aromatic heterocycles. The molecule has 0 unspecified atom stereocenters. The van der Waals surface area contributed by atoms with Gasteiger partial charge in [-0.1, -0.05) is 0 Å². The number of aromatic amines is 1. The fourth-order valence-electron chi connectivity index (χ4n) is 1.93. The number of nitrogens with zero attached hydrogens (tertiary/aromatic N) is 4. The summed E-state index contributed by atoms with van der Waals surface area (Å²) in [6.07, 6.45) is 3.37. The van der Waals surface area contributed by atoms with Crippen LogP contribution in [0, 0.1) is 0 Å². The number of aromatic nitrogens is 5. The van der Waals surface area contributed by atoms with Crippen LogP contribution in [0.1, 0.15) is 15.5 Å². The summed E-state index contributed by atoms with van der Waals surface area (Å²) in [7, 11) is 0. The van der Waals surface area contributed by atoms with Crippen molar-refractivity contribution in [3.63, 3.8) is 0 Å². The number of fused-ring (bicyclic) bond motifs is 3. The van der Waals surface area contributed by atoms with Crippen molar-refractivity contribution in [2.24, 2.45) is 0 Å². The van der Waals surface area contributed by atoms with Crippen molar-refractivity contribution < 1.29 is 4.79 Å². The van der Waals surface area contributed by atoms with Crippen molar-refractivity contribution in [3.05, 3.63) is 34.7 Å². The summed E-state index contributed by atoms with van der Waals surface area (Å²) < 4.78 is 1.99. The van der Waals surface area contributed by atoms with Gasteiger partial charge >= 0.3 is 0 Å². The minimum Gasteiger partial charge on any atom is -0.344 e. The van der Waals surface area contributed by atoms with E-state index >= 15 is 0 Å². The second-order valence-electron chi connectivity index (χ2n) is 4.08. The molecule has 0 bridgehead atoms. The first-order valence-corrected chi connectivity index (χ1v) is 7.48. The van der Waals surface area contributed by atoms with Gasteiger partial charge < -0.3 is 5.32 Å². The molecule has 9 heteroatoms. The van der Waals surface area contributed by atoms with Crippen molar-refractivity contribution in [2.45, 2.75) is 6.54 Å². The number of thiazole rings is 1. The van der Waals surface area contributed by atoms with Crippen LogP contribution in [0.5, 0.6) is 0 Å². The van der Waals surface area contributed by atoms with E-state index in [0.29, 0.717) is 17.2 Å². The number of carbonyl (C=O) groups excluding carboxylic acids is 1. The first kappa shape index (κ1) is 11.6. The Balaban J connectivity index is 1.60. The number of nitrogens with one attached hydrogen (secondary N) is 2. The van der Waals surface area contributed by atoms with Gasteiger partial charge in [0.05, 0.1) is 16.9 Å². The highest BCUT2D eigenvalue weighted by Crippen LogP contribution is 2.28. The Bertz CT molecular complexity index is 887. The lowest BCUT2D eigenvalue weighted by molar-refractivity contribution is 0.0954. The maximum absolute atomic E-state index is 12.1. The van der Waals surface area contributed by atoms with Crippen LogP contribution in [-0.4, -0.2) is 30.5 Å². The van der Waals surface area contributed by atoms with E-state index in [1.807, 2.05) is 22.0 Å². The van der Waals surface area contributed by atoms with Crippen LogP contribution >= 0.6 is 22.7 Å². The molecule has 0 saturated carbocycles. The van der Waals surface area contributed by atoms with Gasteiger partial charge in [0, 0.05) is 11.6 Å². The second kappa shape index (κ2) is 4.39. The van der Waals surface area contributed by atoms with Gasteiger partial charge in [0.25, 0.3) is 5.91 Å². The Morgan fingerprint density at radius 2 is 2.45 bits per heavy atom. The zero-order chi connectivity index (χ0) is 13.5.